The largest absolute Gasteiger partial charge is 0.398 e. The van der Waals surface area contributed by atoms with Gasteiger partial charge < -0.3 is 5.73 Å². The van der Waals surface area contributed by atoms with Crippen molar-refractivity contribution in [3.8, 4) is 0 Å². The lowest BCUT2D eigenvalue weighted by Gasteiger charge is -2.16. The third-order valence-electron chi connectivity index (χ3n) is 3.45. The minimum absolute atomic E-state index is 0.117. The molecule has 0 fully saturated rings. The molecule has 0 spiro atoms. The van der Waals surface area contributed by atoms with Crippen molar-refractivity contribution in [2.24, 2.45) is 0 Å². The van der Waals surface area contributed by atoms with Crippen molar-refractivity contribution in [1.82, 2.24) is 9.71 Å². The molecule has 1 unspecified atom stereocenters. The van der Waals surface area contributed by atoms with Crippen LogP contribution in [0.4, 0.5) is 5.69 Å². The van der Waals surface area contributed by atoms with Gasteiger partial charge in [0.1, 0.15) is 4.90 Å². The highest BCUT2D eigenvalue weighted by Gasteiger charge is 2.21. The van der Waals surface area contributed by atoms with Crippen LogP contribution in [0.5, 0.6) is 0 Å². The van der Waals surface area contributed by atoms with E-state index in [2.05, 4.69) is 9.71 Å². The number of pyridine rings is 1. The first-order valence-corrected chi connectivity index (χ1v) is 8.08. The number of rotatable bonds is 4. The molecule has 0 amide bonds. The molecule has 0 saturated heterocycles. The maximum atomic E-state index is 12.5. The second kappa shape index (κ2) is 5.83. The number of anilines is 1. The van der Waals surface area contributed by atoms with E-state index in [4.69, 9.17) is 5.73 Å². The average molecular weight is 305 g/mol. The van der Waals surface area contributed by atoms with Gasteiger partial charge in [-0.25, -0.2) is 13.1 Å². The van der Waals surface area contributed by atoms with E-state index in [-0.39, 0.29) is 16.6 Å². The van der Waals surface area contributed by atoms with Gasteiger partial charge in [-0.05, 0) is 61.7 Å². The highest BCUT2D eigenvalue weighted by molar-refractivity contribution is 7.89. The van der Waals surface area contributed by atoms with E-state index in [1.165, 1.54) is 0 Å². The van der Waals surface area contributed by atoms with Crippen LogP contribution in [0.25, 0.3) is 0 Å². The summed E-state index contributed by atoms with van der Waals surface area (Å²) in [4.78, 5) is 4.04. The lowest BCUT2D eigenvalue weighted by Crippen LogP contribution is -2.27. The fourth-order valence-electron chi connectivity index (χ4n) is 2.06. The Labute approximate surface area is 125 Å². The van der Waals surface area contributed by atoms with Gasteiger partial charge >= 0.3 is 0 Å². The summed E-state index contributed by atoms with van der Waals surface area (Å²) in [5.74, 6) is 0. The van der Waals surface area contributed by atoms with Crippen LogP contribution in [0.15, 0.2) is 41.6 Å². The number of aryl methyl sites for hydroxylation is 2. The molecule has 2 rings (SSSR count). The van der Waals surface area contributed by atoms with Gasteiger partial charge in [0, 0.05) is 18.4 Å². The molecule has 1 atom stereocenters. The molecule has 1 aromatic carbocycles. The molecule has 0 aliphatic heterocycles. The fraction of sp³-hybridized carbons (Fsp3) is 0.267. The molecule has 0 aliphatic carbocycles. The number of hydrogen-bond acceptors (Lipinski definition) is 4. The molecule has 0 radical (unpaired) electrons. The minimum Gasteiger partial charge on any atom is -0.398 e. The van der Waals surface area contributed by atoms with Gasteiger partial charge in [-0.2, -0.15) is 0 Å². The number of nitrogen functional groups attached to an aromatic ring is 1. The predicted octanol–water partition coefficient (Wildman–Crippen LogP) is 2.32. The highest BCUT2D eigenvalue weighted by Crippen LogP contribution is 2.24. The highest BCUT2D eigenvalue weighted by atomic mass is 32.2. The van der Waals surface area contributed by atoms with Gasteiger partial charge in [0.25, 0.3) is 0 Å². The lowest BCUT2D eigenvalue weighted by molar-refractivity contribution is 0.567. The topological polar surface area (TPSA) is 85.1 Å². The van der Waals surface area contributed by atoms with Crippen LogP contribution in [-0.2, 0) is 10.0 Å². The zero-order valence-electron chi connectivity index (χ0n) is 12.3. The number of aromatic nitrogens is 1. The molecule has 1 aromatic heterocycles. The molecule has 21 heavy (non-hydrogen) atoms. The second-order valence-corrected chi connectivity index (χ2v) is 6.78. The lowest BCUT2D eigenvalue weighted by atomic mass is 10.1. The van der Waals surface area contributed by atoms with Gasteiger partial charge in [-0.3, -0.25) is 4.98 Å². The quantitative estimate of drug-likeness (QED) is 0.849. The first-order chi connectivity index (χ1) is 9.81. The summed E-state index contributed by atoms with van der Waals surface area (Å²) in [6.07, 6.45) is 3.26. The molecule has 0 aliphatic rings. The Hall–Kier alpha value is -1.92. The molecule has 0 saturated carbocycles. The Morgan fingerprint density at radius 1 is 1.14 bits per heavy atom. The van der Waals surface area contributed by atoms with Gasteiger partial charge in [0.05, 0.1) is 5.69 Å². The van der Waals surface area contributed by atoms with Crippen LogP contribution in [-0.4, -0.2) is 13.4 Å². The molecule has 1 heterocycles. The maximum absolute atomic E-state index is 12.5. The van der Waals surface area contributed by atoms with Crippen LogP contribution in [0.1, 0.15) is 29.7 Å². The smallest absolute Gasteiger partial charge is 0.243 e. The molecule has 0 bridgehead atoms. The van der Waals surface area contributed by atoms with E-state index in [0.717, 1.165) is 16.7 Å². The van der Waals surface area contributed by atoms with E-state index in [1.54, 1.807) is 43.6 Å². The van der Waals surface area contributed by atoms with E-state index < -0.39 is 10.0 Å². The fourth-order valence-corrected chi connectivity index (χ4v) is 3.49. The average Bonchev–Trinajstić information content (AvgIpc) is 2.43. The van der Waals surface area contributed by atoms with Gasteiger partial charge in [0.15, 0.2) is 0 Å². The van der Waals surface area contributed by atoms with Crippen molar-refractivity contribution >= 4 is 15.7 Å². The zero-order chi connectivity index (χ0) is 15.6. The summed E-state index contributed by atoms with van der Waals surface area (Å²) in [7, 11) is -3.67. The molecule has 5 nitrogen and oxygen atoms in total. The monoisotopic (exact) mass is 305 g/mol. The normalized spacial score (nSPS) is 13.1. The molecular formula is C15H19N3O2S. The summed E-state index contributed by atoms with van der Waals surface area (Å²) in [5.41, 5.74) is 8.82. The summed E-state index contributed by atoms with van der Waals surface area (Å²) >= 11 is 0. The van der Waals surface area contributed by atoms with Crippen molar-refractivity contribution in [3.63, 3.8) is 0 Å². The minimum atomic E-state index is -3.67. The maximum Gasteiger partial charge on any atom is 0.243 e. The van der Waals surface area contributed by atoms with E-state index in [1.807, 2.05) is 13.8 Å². The molecular weight excluding hydrogens is 286 g/mol. The standard InChI is InChI=1S/C15H19N3O2S/c1-10-8-14(16)15(9-11(10)2)21(19,20)18-12(3)13-4-6-17-7-5-13/h4-9,12,18H,16H2,1-3H3. The second-order valence-electron chi connectivity index (χ2n) is 5.10. The number of nitrogens with one attached hydrogen (secondary N) is 1. The summed E-state index contributed by atoms with van der Waals surface area (Å²) < 4.78 is 27.6. The van der Waals surface area contributed by atoms with E-state index in [9.17, 15) is 8.42 Å². The number of sulfonamides is 1. The summed E-state index contributed by atoms with van der Waals surface area (Å²) in [6, 6.07) is 6.47. The van der Waals surface area contributed by atoms with Crippen LogP contribution in [0.3, 0.4) is 0 Å². The Kier molecular flexibility index (Phi) is 4.29. The predicted molar refractivity (Wildman–Crippen MR) is 83.3 cm³/mol. The number of hydrogen-bond donors (Lipinski definition) is 2. The number of nitrogens with two attached hydrogens (primary N) is 1. The molecule has 6 heteroatoms. The SMILES string of the molecule is Cc1cc(N)c(S(=O)(=O)NC(C)c2ccncc2)cc1C. The van der Waals surface area contributed by atoms with Crippen LogP contribution in [0.2, 0.25) is 0 Å². The first kappa shape index (κ1) is 15.5. The number of nitrogens with zero attached hydrogens (tertiary/aromatic N) is 1. The van der Waals surface area contributed by atoms with Crippen LogP contribution < -0.4 is 10.5 Å². The zero-order valence-corrected chi connectivity index (χ0v) is 13.1. The van der Waals surface area contributed by atoms with Crippen molar-refractivity contribution < 1.29 is 8.42 Å². The van der Waals surface area contributed by atoms with Crippen molar-refractivity contribution in [2.75, 3.05) is 5.73 Å². The third-order valence-corrected chi connectivity index (χ3v) is 5.05. The Morgan fingerprint density at radius 2 is 1.71 bits per heavy atom. The van der Waals surface area contributed by atoms with E-state index in [0.29, 0.717) is 0 Å². The van der Waals surface area contributed by atoms with E-state index >= 15 is 0 Å². The third kappa shape index (κ3) is 3.40. The van der Waals surface area contributed by atoms with Gasteiger partial charge in [0.2, 0.25) is 10.0 Å². The number of benzene rings is 1. The summed E-state index contributed by atoms with van der Waals surface area (Å²) in [5, 5.41) is 0. The van der Waals surface area contributed by atoms with Gasteiger partial charge in [-0.1, -0.05) is 0 Å². The van der Waals surface area contributed by atoms with Crippen molar-refractivity contribution in [2.45, 2.75) is 31.7 Å². The summed E-state index contributed by atoms with van der Waals surface area (Å²) in [6.45, 7) is 5.54. The van der Waals surface area contributed by atoms with Gasteiger partial charge in [-0.15, -0.1) is 0 Å². The molecule has 112 valence electrons. The van der Waals surface area contributed by atoms with Crippen molar-refractivity contribution in [3.05, 3.63) is 53.3 Å². The van der Waals surface area contributed by atoms with Crippen molar-refractivity contribution in [1.29, 1.82) is 0 Å². The Bertz CT molecular complexity index is 743. The molecule has 3 N–H and O–H groups in total. The van der Waals surface area contributed by atoms with Crippen LogP contribution >= 0.6 is 0 Å². The Morgan fingerprint density at radius 3 is 2.33 bits per heavy atom. The Balaban J connectivity index is 2.33. The first-order valence-electron chi connectivity index (χ1n) is 6.60. The van der Waals surface area contributed by atoms with Crippen LogP contribution in [0, 0.1) is 13.8 Å². The molecule has 2 aromatic rings.